The summed E-state index contributed by atoms with van der Waals surface area (Å²) >= 11 is 0. The van der Waals surface area contributed by atoms with Gasteiger partial charge in [0.25, 0.3) is 0 Å². The maximum atomic E-state index is 10.3. The number of aromatic nitrogens is 1. The van der Waals surface area contributed by atoms with Crippen LogP contribution in [-0.4, -0.2) is 35.4 Å². The summed E-state index contributed by atoms with van der Waals surface area (Å²) in [5.74, 6) is 1.50. The second-order valence-corrected chi connectivity index (χ2v) is 7.53. The largest absolute Gasteiger partial charge is 0.490 e. The average Bonchev–Trinajstić information content (AvgIpc) is 3.21. The van der Waals surface area contributed by atoms with Crippen molar-refractivity contribution in [2.75, 3.05) is 13.2 Å². The van der Waals surface area contributed by atoms with Crippen molar-refractivity contribution in [3.63, 3.8) is 0 Å². The number of benzene rings is 2. The van der Waals surface area contributed by atoms with Gasteiger partial charge in [-0.15, -0.1) is 0 Å². The SMILES string of the molecule is OC(CNC1CCC(c2ccccc2)CC1)COc1cccc2[nH]ccc12. The molecule has 1 unspecified atom stereocenters. The maximum Gasteiger partial charge on any atom is 0.128 e. The van der Waals surface area contributed by atoms with Crippen molar-refractivity contribution in [1.29, 1.82) is 0 Å². The van der Waals surface area contributed by atoms with Crippen molar-refractivity contribution >= 4 is 10.9 Å². The molecule has 0 bridgehead atoms. The molecular formula is C23H28N2O2. The highest BCUT2D eigenvalue weighted by atomic mass is 16.5. The normalized spacial score (nSPS) is 21.2. The summed E-state index contributed by atoms with van der Waals surface area (Å²) in [6.07, 6.45) is 6.14. The first kappa shape index (κ1) is 18.1. The zero-order chi connectivity index (χ0) is 18.5. The Hall–Kier alpha value is -2.30. The van der Waals surface area contributed by atoms with Gasteiger partial charge in [-0.2, -0.15) is 0 Å². The lowest BCUT2D eigenvalue weighted by Crippen LogP contribution is -2.39. The van der Waals surface area contributed by atoms with Crippen LogP contribution in [0.1, 0.15) is 37.2 Å². The predicted octanol–water partition coefficient (Wildman–Crippen LogP) is 4.22. The van der Waals surface area contributed by atoms with Gasteiger partial charge in [-0.1, -0.05) is 36.4 Å². The molecule has 3 N–H and O–H groups in total. The van der Waals surface area contributed by atoms with Gasteiger partial charge < -0.3 is 20.1 Å². The third-order valence-corrected chi connectivity index (χ3v) is 5.63. The highest BCUT2D eigenvalue weighted by Gasteiger charge is 2.22. The second-order valence-electron chi connectivity index (χ2n) is 7.53. The van der Waals surface area contributed by atoms with Gasteiger partial charge in [-0.25, -0.2) is 0 Å². The predicted molar refractivity (Wildman–Crippen MR) is 109 cm³/mol. The van der Waals surface area contributed by atoms with Crippen molar-refractivity contribution in [3.05, 3.63) is 66.4 Å². The minimum Gasteiger partial charge on any atom is -0.490 e. The van der Waals surface area contributed by atoms with Gasteiger partial charge in [0, 0.05) is 29.7 Å². The molecule has 142 valence electrons. The van der Waals surface area contributed by atoms with E-state index in [2.05, 4.69) is 40.6 Å². The maximum absolute atomic E-state index is 10.3. The molecule has 27 heavy (non-hydrogen) atoms. The fraction of sp³-hybridized carbons (Fsp3) is 0.391. The Morgan fingerprint density at radius 3 is 2.63 bits per heavy atom. The lowest BCUT2D eigenvalue weighted by molar-refractivity contribution is 0.102. The van der Waals surface area contributed by atoms with Crippen molar-refractivity contribution in [2.24, 2.45) is 0 Å². The number of nitrogens with one attached hydrogen (secondary N) is 2. The van der Waals surface area contributed by atoms with Crippen LogP contribution >= 0.6 is 0 Å². The fourth-order valence-electron chi connectivity index (χ4n) is 4.09. The molecule has 1 fully saturated rings. The van der Waals surface area contributed by atoms with Crippen LogP contribution in [0.2, 0.25) is 0 Å². The average molecular weight is 364 g/mol. The monoisotopic (exact) mass is 364 g/mol. The Kier molecular flexibility index (Phi) is 5.75. The number of aliphatic hydroxyl groups excluding tert-OH is 1. The number of hydrogen-bond acceptors (Lipinski definition) is 3. The number of aliphatic hydroxyl groups is 1. The van der Waals surface area contributed by atoms with E-state index in [9.17, 15) is 5.11 Å². The lowest BCUT2D eigenvalue weighted by Gasteiger charge is -2.30. The molecule has 1 aliphatic rings. The van der Waals surface area contributed by atoms with E-state index in [1.54, 1.807) is 0 Å². The first-order valence-corrected chi connectivity index (χ1v) is 9.95. The van der Waals surface area contributed by atoms with Crippen LogP contribution in [0, 0.1) is 0 Å². The van der Waals surface area contributed by atoms with E-state index in [4.69, 9.17) is 4.74 Å². The van der Waals surface area contributed by atoms with Crippen molar-refractivity contribution in [1.82, 2.24) is 10.3 Å². The Morgan fingerprint density at radius 2 is 1.81 bits per heavy atom. The fourth-order valence-corrected chi connectivity index (χ4v) is 4.09. The zero-order valence-corrected chi connectivity index (χ0v) is 15.6. The molecule has 0 saturated heterocycles. The number of hydrogen-bond donors (Lipinski definition) is 3. The molecule has 1 aromatic heterocycles. The van der Waals surface area contributed by atoms with Gasteiger partial charge >= 0.3 is 0 Å². The topological polar surface area (TPSA) is 57.3 Å². The van der Waals surface area contributed by atoms with E-state index >= 15 is 0 Å². The number of aromatic amines is 1. The first-order chi connectivity index (χ1) is 13.3. The van der Waals surface area contributed by atoms with E-state index in [-0.39, 0.29) is 0 Å². The summed E-state index contributed by atoms with van der Waals surface area (Å²) in [4.78, 5) is 3.18. The molecule has 1 atom stereocenters. The van der Waals surface area contributed by atoms with E-state index in [1.165, 1.54) is 18.4 Å². The molecule has 4 nitrogen and oxygen atoms in total. The van der Waals surface area contributed by atoms with Crippen LogP contribution in [0.3, 0.4) is 0 Å². The van der Waals surface area contributed by atoms with Crippen LogP contribution < -0.4 is 10.1 Å². The highest BCUT2D eigenvalue weighted by molar-refractivity contribution is 5.85. The Balaban J connectivity index is 1.20. The molecule has 2 aromatic carbocycles. The molecule has 0 radical (unpaired) electrons. The van der Waals surface area contributed by atoms with E-state index in [1.807, 2.05) is 30.5 Å². The van der Waals surface area contributed by atoms with Crippen LogP contribution in [0.5, 0.6) is 5.75 Å². The van der Waals surface area contributed by atoms with E-state index < -0.39 is 6.10 Å². The van der Waals surface area contributed by atoms with Gasteiger partial charge in [0.05, 0.1) is 0 Å². The number of fused-ring (bicyclic) bond motifs is 1. The Bertz CT molecular complexity index is 838. The summed E-state index contributed by atoms with van der Waals surface area (Å²) < 4.78 is 5.84. The van der Waals surface area contributed by atoms with Crippen LogP contribution in [-0.2, 0) is 0 Å². The third kappa shape index (κ3) is 4.52. The highest BCUT2D eigenvalue weighted by Crippen LogP contribution is 2.32. The Labute approximate surface area is 160 Å². The molecule has 4 heteroatoms. The van der Waals surface area contributed by atoms with Gasteiger partial charge in [-0.05, 0) is 55.4 Å². The summed E-state index contributed by atoms with van der Waals surface area (Å²) in [5.41, 5.74) is 2.51. The number of H-pyrrole nitrogens is 1. The smallest absolute Gasteiger partial charge is 0.128 e. The molecule has 1 aliphatic carbocycles. The molecule has 3 aromatic rings. The molecule has 0 amide bonds. The van der Waals surface area contributed by atoms with E-state index in [0.29, 0.717) is 25.1 Å². The second kappa shape index (κ2) is 8.59. The standard InChI is InChI=1S/C23H28N2O2/c26-20(16-27-23-8-4-7-22-21(23)13-14-24-22)15-25-19-11-9-18(10-12-19)17-5-2-1-3-6-17/h1-8,13-14,18-20,24-26H,9-12,15-16H2. The molecule has 4 rings (SSSR count). The van der Waals surface area contributed by atoms with Gasteiger partial charge in [-0.3, -0.25) is 0 Å². The summed E-state index contributed by atoms with van der Waals surface area (Å²) in [6.45, 7) is 0.875. The van der Waals surface area contributed by atoms with Gasteiger partial charge in [0.2, 0.25) is 0 Å². The minimum atomic E-state index is -0.508. The van der Waals surface area contributed by atoms with Gasteiger partial charge in [0.15, 0.2) is 0 Å². The molecule has 1 saturated carbocycles. The zero-order valence-electron chi connectivity index (χ0n) is 15.6. The Morgan fingerprint density at radius 1 is 1.00 bits per heavy atom. The summed E-state index contributed by atoms with van der Waals surface area (Å²) in [7, 11) is 0. The van der Waals surface area contributed by atoms with Crippen LogP contribution in [0.25, 0.3) is 10.9 Å². The quantitative estimate of drug-likeness (QED) is 0.588. The summed E-state index contributed by atoms with van der Waals surface area (Å²) in [5, 5.41) is 14.9. The lowest BCUT2D eigenvalue weighted by atomic mass is 9.82. The number of ether oxygens (including phenoxy) is 1. The summed E-state index contributed by atoms with van der Waals surface area (Å²) in [6, 6.07) is 19.2. The molecule has 0 aliphatic heterocycles. The van der Waals surface area contributed by atoms with Crippen LogP contribution in [0.4, 0.5) is 0 Å². The van der Waals surface area contributed by atoms with Crippen molar-refractivity contribution in [3.8, 4) is 5.75 Å². The van der Waals surface area contributed by atoms with Crippen LogP contribution in [0.15, 0.2) is 60.8 Å². The third-order valence-electron chi connectivity index (χ3n) is 5.63. The molecular weight excluding hydrogens is 336 g/mol. The molecule has 1 heterocycles. The first-order valence-electron chi connectivity index (χ1n) is 9.95. The van der Waals surface area contributed by atoms with Crippen molar-refractivity contribution in [2.45, 2.75) is 43.7 Å². The van der Waals surface area contributed by atoms with Gasteiger partial charge in [0.1, 0.15) is 18.5 Å². The number of rotatable bonds is 7. The minimum absolute atomic E-state index is 0.302. The molecule has 0 spiro atoms. The van der Waals surface area contributed by atoms with Crippen molar-refractivity contribution < 1.29 is 9.84 Å². The van der Waals surface area contributed by atoms with E-state index in [0.717, 1.165) is 29.5 Å².